The molecule has 0 bridgehead atoms. The first kappa shape index (κ1) is 21.9. The molecule has 0 fully saturated rings. The van der Waals surface area contributed by atoms with Crippen LogP contribution in [0.1, 0.15) is 11.1 Å². The molecule has 0 radical (unpaired) electrons. The summed E-state index contributed by atoms with van der Waals surface area (Å²) < 4.78 is 122. The van der Waals surface area contributed by atoms with Crippen molar-refractivity contribution < 1.29 is 47.7 Å². The van der Waals surface area contributed by atoms with Gasteiger partial charge in [-0.25, -0.2) is 8.78 Å². The Labute approximate surface area is 155 Å². The van der Waals surface area contributed by atoms with Crippen LogP contribution in [-0.2, 0) is 24.2 Å². The predicted molar refractivity (Wildman–Crippen MR) is 81.7 cm³/mol. The molecule has 0 unspecified atom stereocenters. The number of rotatable bonds is 6. The van der Waals surface area contributed by atoms with Crippen LogP contribution in [0.5, 0.6) is 11.5 Å². The third kappa shape index (κ3) is 6.98. The van der Waals surface area contributed by atoms with Crippen LogP contribution in [0.2, 0.25) is 0 Å². The summed E-state index contributed by atoms with van der Waals surface area (Å²) in [5.74, 6) is -3.38. The first-order chi connectivity index (χ1) is 12.8. The molecule has 0 heterocycles. The van der Waals surface area contributed by atoms with Crippen molar-refractivity contribution in [3.8, 4) is 11.5 Å². The zero-order valence-electron chi connectivity index (χ0n) is 13.5. The van der Waals surface area contributed by atoms with Crippen molar-refractivity contribution >= 4 is 11.4 Å². The Morgan fingerprint density at radius 1 is 0.714 bits per heavy atom. The molecule has 0 saturated carbocycles. The molecular weight excluding hydrogens is 424 g/mol. The van der Waals surface area contributed by atoms with Crippen molar-refractivity contribution in [1.82, 2.24) is 0 Å². The number of hydrogen-bond donors (Lipinski definition) is 0. The highest BCUT2D eigenvalue weighted by Gasteiger charge is 2.30. The Morgan fingerprint density at radius 3 is 1.36 bits per heavy atom. The molecule has 0 aliphatic heterocycles. The molecule has 2 aromatic rings. The Balaban J connectivity index is 2.02. The highest BCUT2D eigenvalue weighted by atomic mass is 32.2. The fourth-order valence-electron chi connectivity index (χ4n) is 2.05. The maximum Gasteiger partial charge on any atom is 0.417 e. The summed E-state index contributed by atoms with van der Waals surface area (Å²) in [6.45, 7) is 0. The second kappa shape index (κ2) is 8.33. The Morgan fingerprint density at radius 2 is 1.07 bits per heavy atom. The zero-order chi connectivity index (χ0) is 21.1. The maximum atomic E-state index is 13.6. The van der Waals surface area contributed by atoms with Gasteiger partial charge in [0.25, 0.3) is 0 Å². The minimum absolute atomic E-state index is 0.434. The van der Waals surface area contributed by atoms with E-state index in [0.29, 0.717) is 12.1 Å². The lowest BCUT2D eigenvalue weighted by Crippen LogP contribution is -2.14. The average molecular weight is 434 g/mol. The third-order valence-electron chi connectivity index (χ3n) is 3.16. The van der Waals surface area contributed by atoms with Crippen LogP contribution in [0, 0.1) is 11.6 Å². The van der Waals surface area contributed by atoms with Crippen LogP contribution >= 0.6 is 0 Å². The summed E-state index contributed by atoms with van der Waals surface area (Å²) in [4.78, 5) is 0. The van der Waals surface area contributed by atoms with Crippen LogP contribution in [0.25, 0.3) is 0 Å². The van der Waals surface area contributed by atoms with Gasteiger partial charge in [-0.05, 0) is 23.3 Å². The van der Waals surface area contributed by atoms with Crippen LogP contribution in [-0.4, -0.2) is 16.6 Å². The SMILES string of the molecule is O=S(Oc1ccc(CC(F)(F)F)c(F)c1)Oc1ccc(CC(F)(F)F)c(F)c1. The van der Waals surface area contributed by atoms with Crippen molar-refractivity contribution in [2.45, 2.75) is 25.2 Å². The second-order valence-electron chi connectivity index (χ2n) is 5.46. The molecule has 0 amide bonds. The minimum atomic E-state index is -4.63. The number of halogens is 8. The molecule has 0 aromatic heterocycles. The molecule has 0 aliphatic rings. The molecule has 0 atom stereocenters. The molecular formula is C16H10F8O3S. The van der Waals surface area contributed by atoms with E-state index in [4.69, 9.17) is 0 Å². The summed E-state index contributed by atoms with van der Waals surface area (Å²) in [6, 6.07) is 4.49. The van der Waals surface area contributed by atoms with Gasteiger partial charge in [0.1, 0.15) is 23.1 Å². The summed E-state index contributed by atoms with van der Waals surface area (Å²) >= 11 is -2.67. The smallest absolute Gasteiger partial charge is 0.371 e. The second-order valence-corrected chi connectivity index (χ2v) is 6.20. The van der Waals surface area contributed by atoms with E-state index < -0.39 is 70.8 Å². The van der Waals surface area contributed by atoms with Gasteiger partial charge < -0.3 is 8.37 Å². The first-order valence-electron chi connectivity index (χ1n) is 7.31. The van der Waals surface area contributed by atoms with E-state index in [1.165, 1.54) is 0 Å². The Hall–Kier alpha value is -2.37. The van der Waals surface area contributed by atoms with Gasteiger partial charge in [0.05, 0.1) is 12.8 Å². The highest BCUT2D eigenvalue weighted by Crippen LogP contribution is 2.27. The number of hydrogen-bond acceptors (Lipinski definition) is 3. The molecule has 0 N–H and O–H groups in total. The standard InChI is InChI=1S/C16H10F8O3S/c17-13-5-11(3-1-9(13)7-15(19,20)21)26-28(25)27-12-4-2-10(14(18)6-12)8-16(22,23)24/h1-6H,7-8H2. The van der Waals surface area contributed by atoms with E-state index >= 15 is 0 Å². The fraction of sp³-hybridized carbons (Fsp3) is 0.250. The molecule has 2 rings (SSSR count). The van der Waals surface area contributed by atoms with Crippen molar-refractivity contribution in [2.75, 3.05) is 0 Å². The van der Waals surface area contributed by atoms with E-state index in [2.05, 4.69) is 8.37 Å². The van der Waals surface area contributed by atoms with Gasteiger partial charge in [-0.3, -0.25) is 0 Å². The molecule has 12 heteroatoms. The zero-order valence-corrected chi connectivity index (χ0v) is 14.4. The van der Waals surface area contributed by atoms with Crippen molar-refractivity contribution in [3.05, 3.63) is 59.2 Å². The van der Waals surface area contributed by atoms with Gasteiger partial charge >= 0.3 is 23.7 Å². The van der Waals surface area contributed by atoms with E-state index in [9.17, 15) is 39.3 Å². The molecule has 0 spiro atoms. The molecule has 2 aromatic carbocycles. The Bertz CT molecular complexity index is 794. The normalized spacial score (nSPS) is 12.3. The van der Waals surface area contributed by atoms with Gasteiger partial charge in [-0.2, -0.15) is 30.6 Å². The van der Waals surface area contributed by atoms with E-state index in [-0.39, 0.29) is 0 Å². The highest BCUT2D eigenvalue weighted by molar-refractivity contribution is 7.75. The van der Waals surface area contributed by atoms with Crippen LogP contribution < -0.4 is 8.37 Å². The quantitative estimate of drug-likeness (QED) is 0.586. The van der Waals surface area contributed by atoms with E-state index in [0.717, 1.165) is 24.3 Å². The van der Waals surface area contributed by atoms with Gasteiger partial charge in [0.15, 0.2) is 0 Å². The fourth-order valence-corrected chi connectivity index (χ4v) is 2.61. The lowest BCUT2D eigenvalue weighted by molar-refractivity contribution is -0.128. The van der Waals surface area contributed by atoms with Gasteiger partial charge in [-0.1, -0.05) is 12.1 Å². The van der Waals surface area contributed by atoms with Gasteiger partial charge in [0, 0.05) is 12.1 Å². The largest absolute Gasteiger partial charge is 0.417 e. The van der Waals surface area contributed by atoms with Crippen molar-refractivity contribution in [1.29, 1.82) is 0 Å². The lowest BCUT2D eigenvalue weighted by atomic mass is 10.1. The van der Waals surface area contributed by atoms with Crippen molar-refractivity contribution in [3.63, 3.8) is 0 Å². The topological polar surface area (TPSA) is 35.5 Å². The molecule has 0 aliphatic carbocycles. The van der Waals surface area contributed by atoms with Gasteiger partial charge in [0.2, 0.25) is 0 Å². The Kier molecular flexibility index (Phi) is 6.52. The maximum absolute atomic E-state index is 13.6. The predicted octanol–water partition coefficient (Wildman–Crippen LogP) is 5.21. The van der Waals surface area contributed by atoms with E-state index in [1.54, 1.807) is 0 Å². The monoisotopic (exact) mass is 434 g/mol. The van der Waals surface area contributed by atoms with E-state index in [1.807, 2.05) is 0 Å². The summed E-state index contributed by atoms with van der Waals surface area (Å²) in [6.07, 6.45) is -12.3. The number of alkyl halides is 6. The molecule has 3 nitrogen and oxygen atoms in total. The number of benzene rings is 2. The summed E-state index contributed by atoms with van der Waals surface area (Å²) in [5, 5.41) is 0. The minimum Gasteiger partial charge on any atom is -0.371 e. The summed E-state index contributed by atoms with van der Waals surface area (Å²) in [7, 11) is 0. The van der Waals surface area contributed by atoms with Crippen molar-refractivity contribution in [2.24, 2.45) is 0 Å². The third-order valence-corrected chi connectivity index (χ3v) is 3.82. The van der Waals surface area contributed by atoms with Crippen LogP contribution in [0.3, 0.4) is 0 Å². The molecule has 0 saturated heterocycles. The van der Waals surface area contributed by atoms with Crippen LogP contribution in [0.4, 0.5) is 35.1 Å². The first-order valence-corrected chi connectivity index (χ1v) is 8.31. The average Bonchev–Trinajstić information content (AvgIpc) is 2.50. The van der Waals surface area contributed by atoms with Gasteiger partial charge in [-0.15, -0.1) is 0 Å². The molecule has 154 valence electrons. The molecule has 28 heavy (non-hydrogen) atoms. The lowest BCUT2D eigenvalue weighted by Gasteiger charge is -2.10. The summed E-state index contributed by atoms with van der Waals surface area (Å²) in [5.41, 5.74) is -1.32. The van der Waals surface area contributed by atoms with Crippen LogP contribution in [0.15, 0.2) is 36.4 Å².